The molecule has 0 aliphatic rings. The van der Waals surface area contributed by atoms with Crippen LogP contribution < -0.4 is 10.6 Å². The van der Waals surface area contributed by atoms with Crippen LogP contribution in [0.1, 0.15) is 44.6 Å². The number of amides is 1. The maximum absolute atomic E-state index is 10.8. The van der Waals surface area contributed by atoms with Gasteiger partial charge in [0, 0.05) is 16.5 Å². The Balaban J connectivity index is 2.27. The lowest BCUT2D eigenvalue weighted by Crippen LogP contribution is -2.29. The summed E-state index contributed by atoms with van der Waals surface area (Å²) >= 11 is 0. The lowest BCUT2D eigenvalue weighted by molar-refractivity contribution is -0.108. The second kappa shape index (κ2) is 9.13. The number of hydrogen-bond donors (Lipinski definition) is 3. The van der Waals surface area contributed by atoms with Crippen molar-refractivity contribution in [2.24, 2.45) is 0 Å². The number of nitrogens with one attached hydrogen (secondary N) is 3. The fourth-order valence-electron chi connectivity index (χ4n) is 3.53. The molecule has 0 aliphatic carbocycles. The summed E-state index contributed by atoms with van der Waals surface area (Å²) in [5, 5.41) is 14.5. The molecule has 28 heavy (non-hydrogen) atoms. The predicted molar refractivity (Wildman–Crippen MR) is 116 cm³/mol. The van der Waals surface area contributed by atoms with E-state index >= 15 is 0 Å². The van der Waals surface area contributed by atoms with Crippen molar-refractivity contribution in [3.8, 4) is 11.3 Å². The highest BCUT2D eigenvalue weighted by molar-refractivity contribution is 6.06. The molecule has 5 nitrogen and oxygen atoms in total. The largest absolute Gasteiger partial charge is 0.325 e. The molecule has 5 heteroatoms. The number of unbranched alkanes of at least 4 members (excludes halogenated alkanes) is 1. The van der Waals surface area contributed by atoms with Crippen LogP contribution in [0.15, 0.2) is 54.6 Å². The van der Waals surface area contributed by atoms with Crippen molar-refractivity contribution in [3.63, 3.8) is 0 Å². The van der Waals surface area contributed by atoms with E-state index in [4.69, 9.17) is 10.4 Å². The molecule has 3 rings (SSSR count). The first-order valence-electron chi connectivity index (χ1n) is 9.69. The van der Waals surface area contributed by atoms with Gasteiger partial charge >= 0.3 is 0 Å². The number of aromatic nitrogens is 1. The van der Waals surface area contributed by atoms with E-state index < -0.39 is 0 Å². The Labute approximate surface area is 165 Å². The molecule has 0 bridgehead atoms. The van der Waals surface area contributed by atoms with Gasteiger partial charge < -0.3 is 5.32 Å². The van der Waals surface area contributed by atoms with E-state index in [0.717, 1.165) is 52.7 Å². The minimum absolute atomic E-state index is 0.0469. The number of pyridine rings is 1. The van der Waals surface area contributed by atoms with Gasteiger partial charge in [-0.3, -0.25) is 15.5 Å². The molecule has 0 aliphatic heterocycles. The van der Waals surface area contributed by atoms with Gasteiger partial charge in [0.1, 0.15) is 0 Å². The minimum atomic E-state index is -0.0469. The Morgan fingerprint density at radius 3 is 2.57 bits per heavy atom. The molecule has 0 radical (unpaired) electrons. The standard InChI is InChI=1S/C23H26N4O/c1-3-4-10-16(2)20-21(17-11-6-5-7-12-17)26-19-14-9-8-13-18(19)22(20)27-23(24)25-15-28/h5-9,11-16H,3-4,10H2,1-2H3,(H3,24,25,26,27,28). The Morgan fingerprint density at radius 2 is 1.86 bits per heavy atom. The highest BCUT2D eigenvalue weighted by atomic mass is 16.1. The van der Waals surface area contributed by atoms with Gasteiger partial charge in [0.2, 0.25) is 6.41 Å². The number of fused-ring (bicyclic) bond motifs is 1. The first-order chi connectivity index (χ1) is 13.7. The van der Waals surface area contributed by atoms with Crippen LogP contribution in [-0.4, -0.2) is 17.4 Å². The van der Waals surface area contributed by atoms with E-state index in [0.29, 0.717) is 6.41 Å². The summed E-state index contributed by atoms with van der Waals surface area (Å²) in [4.78, 5) is 15.8. The molecule has 0 saturated carbocycles. The first kappa shape index (κ1) is 19.5. The zero-order chi connectivity index (χ0) is 19.9. The van der Waals surface area contributed by atoms with Crippen LogP contribution in [0.4, 0.5) is 5.69 Å². The second-order valence-electron chi connectivity index (χ2n) is 6.94. The minimum Gasteiger partial charge on any atom is -0.325 e. The van der Waals surface area contributed by atoms with Crippen LogP contribution in [0.3, 0.4) is 0 Å². The molecule has 0 spiro atoms. The van der Waals surface area contributed by atoms with Crippen LogP contribution in [0.5, 0.6) is 0 Å². The third-order valence-corrected chi connectivity index (χ3v) is 4.91. The van der Waals surface area contributed by atoms with Gasteiger partial charge in [0.15, 0.2) is 5.96 Å². The number of anilines is 1. The summed E-state index contributed by atoms with van der Waals surface area (Å²) in [6, 6.07) is 18.0. The average Bonchev–Trinajstić information content (AvgIpc) is 2.72. The van der Waals surface area contributed by atoms with Crippen molar-refractivity contribution >= 4 is 29.0 Å². The van der Waals surface area contributed by atoms with E-state index in [1.54, 1.807) is 0 Å². The molecule has 2 aromatic carbocycles. The molecule has 1 unspecified atom stereocenters. The lowest BCUT2D eigenvalue weighted by atomic mass is 9.88. The van der Waals surface area contributed by atoms with Crippen molar-refractivity contribution in [1.82, 2.24) is 10.3 Å². The number of hydrogen-bond acceptors (Lipinski definition) is 3. The van der Waals surface area contributed by atoms with Gasteiger partial charge in [-0.15, -0.1) is 0 Å². The highest BCUT2D eigenvalue weighted by Crippen LogP contribution is 2.40. The molecule has 0 saturated heterocycles. The maximum atomic E-state index is 10.8. The van der Waals surface area contributed by atoms with E-state index in [-0.39, 0.29) is 11.9 Å². The quantitative estimate of drug-likeness (QED) is 0.299. The van der Waals surface area contributed by atoms with E-state index in [2.05, 4.69) is 36.6 Å². The van der Waals surface area contributed by atoms with Gasteiger partial charge in [-0.05, 0) is 18.4 Å². The fraction of sp³-hybridized carbons (Fsp3) is 0.261. The molecule has 3 N–H and O–H groups in total. The fourth-order valence-corrected chi connectivity index (χ4v) is 3.53. The third-order valence-electron chi connectivity index (χ3n) is 4.91. The molecule has 1 aromatic heterocycles. The Bertz CT molecular complexity index is 969. The smallest absolute Gasteiger partial charge is 0.213 e. The number of guanidine groups is 1. The Kier molecular flexibility index (Phi) is 6.37. The molecular formula is C23H26N4O. The predicted octanol–water partition coefficient (Wildman–Crippen LogP) is 5.29. The van der Waals surface area contributed by atoms with Gasteiger partial charge in [-0.25, -0.2) is 4.98 Å². The number of benzene rings is 2. The Hall–Kier alpha value is -3.21. The van der Waals surface area contributed by atoms with Gasteiger partial charge in [0.05, 0.1) is 16.9 Å². The van der Waals surface area contributed by atoms with Crippen LogP contribution >= 0.6 is 0 Å². The summed E-state index contributed by atoms with van der Waals surface area (Å²) in [5.41, 5.74) is 4.74. The van der Waals surface area contributed by atoms with Gasteiger partial charge in [-0.1, -0.05) is 75.2 Å². The van der Waals surface area contributed by atoms with E-state index in [1.807, 2.05) is 42.5 Å². The molecular weight excluding hydrogens is 348 g/mol. The zero-order valence-corrected chi connectivity index (χ0v) is 16.3. The van der Waals surface area contributed by atoms with Crippen LogP contribution in [-0.2, 0) is 4.79 Å². The highest BCUT2D eigenvalue weighted by Gasteiger charge is 2.21. The summed E-state index contributed by atoms with van der Waals surface area (Å²) in [6.07, 6.45) is 3.78. The van der Waals surface area contributed by atoms with Crippen molar-refractivity contribution < 1.29 is 4.79 Å². The topological polar surface area (TPSA) is 77.9 Å². The zero-order valence-electron chi connectivity index (χ0n) is 16.3. The van der Waals surface area contributed by atoms with E-state index in [1.165, 1.54) is 0 Å². The molecule has 1 amide bonds. The summed E-state index contributed by atoms with van der Waals surface area (Å²) in [6.45, 7) is 4.39. The number of nitrogens with zero attached hydrogens (tertiary/aromatic N) is 1. The molecule has 3 aromatic rings. The lowest BCUT2D eigenvalue weighted by Gasteiger charge is -2.23. The van der Waals surface area contributed by atoms with Crippen molar-refractivity contribution in [2.75, 3.05) is 5.32 Å². The van der Waals surface area contributed by atoms with E-state index in [9.17, 15) is 4.79 Å². The second-order valence-corrected chi connectivity index (χ2v) is 6.94. The average molecular weight is 374 g/mol. The molecule has 144 valence electrons. The molecule has 1 heterocycles. The van der Waals surface area contributed by atoms with Crippen LogP contribution in [0, 0.1) is 5.41 Å². The summed E-state index contributed by atoms with van der Waals surface area (Å²) in [5.74, 6) is 0.202. The number of carbonyl (C=O) groups excluding carboxylic acids is 1. The summed E-state index contributed by atoms with van der Waals surface area (Å²) in [7, 11) is 0. The van der Waals surface area contributed by atoms with Gasteiger partial charge in [0.25, 0.3) is 0 Å². The van der Waals surface area contributed by atoms with Crippen molar-refractivity contribution in [3.05, 3.63) is 60.2 Å². The van der Waals surface area contributed by atoms with Gasteiger partial charge in [-0.2, -0.15) is 0 Å². The number of rotatable bonds is 7. The van der Waals surface area contributed by atoms with Crippen molar-refractivity contribution in [1.29, 1.82) is 5.41 Å². The normalized spacial score (nSPS) is 11.8. The van der Waals surface area contributed by atoms with Crippen LogP contribution in [0.2, 0.25) is 0 Å². The molecule has 1 atom stereocenters. The van der Waals surface area contributed by atoms with Crippen LogP contribution in [0.25, 0.3) is 22.2 Å². The van der Waals surface area contributed by atoms with Crippen molar-refractivity contribution in [2.45, 2.75) is 39.0 Å². The molecule has 0 fully saturated rings. The number of para-hydroxylation sites is 1. The first-order valence-corrected chi connectivity index (χ1v) is 9.69. The third kappa shape index (κ3) is 4.19. The monoisotopic (exact) mass is 374 g/mol. The SMILES string of the molecule is CCCCC(C)c1c(-c2ccccc2)nc2ccccc2c1NC(=N)NC=O. The Morgan fingerprint density at radius 1 is 1.14 bits per heavy atom. The maximum Gasteiger partial charge on any atom is 0.213 e. The summed E-state index contributed by atoms with van der Waals surface area (Å²) < 4.78 is 0. The number of carbonyl (C=O) groups is 1.